The Labute approximate surface area is 213 Å². The molecule has 0 radical (unpaired) electrons. The lowest BCUT2D eigenvalue weighted by atomic mass is 10.2. The number of likely N-dealkylation sites (N-methyl/N-ethyl adjacent to an activating group) is 1. The topological polar surface area (TPSA) is 134 Å². The highest BCUT2D eigenvalue weighted by atomic mass is 35.5. The summed E-state index contributed by atoms with van der Waals surface area (Å²) in [6, 6.07) is 12.2. The van der Waals surface area contributed by atoms with E-state index in [1.807, 2.05) is 12.1 Å². The van der Waals surface area contributed by atoms with Crippen LogP contribution in [0.4, 0.5) is 28.8 Å². The van der Waals surface area contributed by atoms with Crippen LogP contribution in [0.5, 0.6) is 5.75 Å². The quantitative estimate of drug-likeness (QED) is 0.241. The highest BCUT2D eigenvalue weighted by Crippen LogP contribution is 2.39. The van der Waals surface area contributed by atoms with E-state index in [4.69, 9.17) is 16.3 Å². The van der Waals surface area contributed by atoms with Gasteiger partial charge < -0.3 is 30.6 Å². The third-order valence-electron chi connectivity index (χ3n) is 4.83. The van der Waals surface area contributed by atoms with Gasteiger partial charge in [0.2, 0.25) is 17.8 Å². The van der Waals surface area contributed by atoms with Crippen LogP contribution in [0, 0.1) is 0 Å². The Morgan fingerprint density at radius 2 is 1.75 bits per heavy atom. The van der Waals surface area contributed by atoms with Crippen molar-refractivity contribution in [2.75, 3.05) is 43.4 Å². The van der Waals surface area contributed by atoms with Crippen LogP contribution in [-0.4, -0.2) is 49.3 Å². The van der Waals surface area contributed by atoms with Gasteiger partial charge in [0, 0.05) is 30.2 Å². The summed E-state index contributed by atoms with van der Waals surface area (Å²) >= 11 is 6.33. The molecule has 0 saturated heterocycles. The van der Waals surface area contributed by atoms with Crippen LogP contribution >= 0.6 is 18.7 Å². The predicted octanol–water partition coefficient (Wildman–Crippen LogP) is 4.11. The van der Waals surface area contributed by atoms with Crippen molar-refractivity contribution in [1.82, 2.24) is 15.3 Å². The summed E-state index contributed by atoms with van der Waals surface area (Å²) in [5, 5.41) is 12.2. The molecule has 12 heteroatoms. The van der Waals surface area contributed by atoms with Gasteiger partial charge in [0.1, 0.15) is 17.9 Å². The SMILES string of the molecule is CNC(=O)/C=C\C(=O)Nc1ccc(OC)c(Nc2ncc(Cl)c(Nc3ccccc3P(C)(C)=O)n2)c1. The van der Waals surface area contributed by atoms with Crippen molar-refractivity contribution < 1.29 is 18.9 Å². The van der Waals surface area contributed by atoms with E-state index in [0.29, 0.717) is 33.9 Å². The first-order chi connectivity index (χ1) is 17.1. The molecule has 3 aromatic rings. The maximum Gasteiger partial charge on any atom is 0.248 e. The molecule has 36 heavy (non-hydrogen) atoms. The molecule has 0 aliphatic heterocycles. The van der Waals surface area contributed by atoms with E-state index in [-0.39, 0.29) is 11.0 Å². The van der Waals surface area contributed by atoms with Gasteiger partial charge in [-0.3, -0.25) is 9.59 Å². The Hall–Kier alpha value is -3.88. The number of benzene rings is 2. The van der Waals surface area contributed by atoms with Crippen LogP contribution in [0.1, 0.15) is 0 Å². The van der Waals surface area contributed by atoms with Crippen molar-refractivity contribution in [3.8, 4) is 5.75 Å². The molecule has 1 heterocycles. The van der Waals surface area contributed by atoms with Gasteiger partial charge in [0.15, 0.2) is 5.82 Å². The van der Waals surface area contributed by atoms with Gasteiger partial charge in [0.25, 0.3) is 0 Å². The molecule has 10 nitrogen and oxygen atoms in total. The number of hydrogen-bond acceptors (Lipinski definition) is 8. The molecule has 0 aliphatic carbocycles. The molecule has 2 aromatic carbocycles. The summed E-state index contributed by atoms with van der Waals surface area (Å²) < 4.78 is 18.1. The number of ether oxygens (including phenoxy) is 1. The lowest BCUT2D eigenvalue weighted by Crippen LogP contribution is -2.16. The fourth-order valence-electron chi connectivity index (χ4n) is 3.11. The van der Waals surface area contributed by atoms with Crippen molar-refractivity contribution in [3.05, 3.63) is 65.8 Å². The van der Waals surface area contributed by atoms with Crippen molar-refractivity contribution in [3.63, 3.8) is 0 Å². The average molecular weight is 529 g/mol. The maximum atomic E-state index is 12.7. The summed E-state index contributed by atoms with van der Waals surface area (Å²) in [6.07, 6.45) is 3.68. The third-order valence-corrected chi connectivity index (χ3v) is 6.65. The first kappa shape index (κ1) is 26.7. The first-order valence-corrected chi connectivity index (χ1v) is 13.7. The minimum atomic E-state index is -2.56. The van der Waals surface area contributed by atoms with Crippen LogP contribution in [0.3, 0.4) is 0 Å². The van der Waals surface area contributed by atoms with Crippen molar-refractivity contribution in [1.29, 1.82) is 0 Å². The number of amides is 2. The molecule has 4 N–H and O–H groups in total. The number of anilines is 5. The number of rotatable bonds is 9. The molecule has 0 unspecified atom stereocenters. The average Bonchev–Trinajstić information content (AvgIpc) is 2.84. The van der Waals surface area contributed by atoms with Crippen LogP contribution in [0.25, 0.3) is 0 Å². The lowest BCUT2D eigenvalue weighted by molar-refractivity contribution is -0.117. The maximum absolute atomic E-state index is 12.7. The molecule has 1 aromatic heterocycles. The van der Waals surface area contributed by atoms with Gasteiger partial charge in [-0.1, -0.05) is 23.7 Å². The van der Waals surface area contributed by atoms with E-state index in [1.165, 1.54) is 20.4 Å². The number of methoxy groups -OCH3 is 1. The van der Waals surface area contributed by atoms with Crippen LogP contribution in [0.2, 0.25) is 5.02 Å². The second-order valence-corrected chi connectivity index (χ2v) is 11.5. The molecule has 3 rings (SSSR count). The van der Waals surface area contributed by atoms with Crippen molar-refractivity contribution in [2.24, 2.45) is 0 Å². The van der Waals surface area contributed by atoms with Gasteiger partial charge in [-0.15, -0.1) is 0 Å². The Bertz CT molecular complexity index is 1360. The number of carbonyl (C=O) groups excluding carboxylic acids is 2. The number of carbonyl (C=O) groups is 2. The molecule has 2 amide bonds. The predicted molar refractivity (Wildman–Crippen MR) is 144 cm³/mol. The number of para-hydroxylation sites is 1. The highest BCUT2D eigenvalue weighted by molar-refractivity contribution is 7.70. The summed E-state index contributed by atoms with van der Waals surface area (Å²) in [4.78, 5) is 32.1. The zero-order valence-electron chi connectivity index (χ0n) is 20.1. The van der Waals surface area contributed by atoms with E-state index in [0.717, 1.165) is 12.2 Å². The Morgan fingerprint density at radius 1 is 1.03 bits per heavy atom. The lowest BCUT2D eigenvalue weighted by Gasteiger charge is -2.16. The molecule has 0 fully saturated rings. The second kappa shape index (κ2) is 11.7. The number of nitrogens with one attached hydrogen (secondary N) is 4. The number of aromatic nitrogens is 2. The standard InChI is InChI=1S/C24H26ClN6O4P/c1-26-21(32)11-12-22(33)28-15-9-10-19(35-2)18(13-15)30-24-27-14-16(25)23(31-24)29-17-7-5-6-8-20(17)36(3,4)34/h5-14H,1-4H3,(H,26,32)(H,28,33)(H2,27,29,30,31)/b12-11-. The largest absolute Gasteiger partial charge is 0.495 e. The second-order valence-electron chi connectivity index (χ2n) is 7.86. The van der Waals surface area contributed by atoms with Gasteiger partial charge in [-0.25, -0.2) is 4.98 Å². The van der Waals surface area contributed by atoms with E-state index in [2.05, 4.69) is 31.2 Å². The minimum Gasteiger partial charge on any atom is -0.495 e. The minimum absolute atomic E-state index is 0.205. The Kier molecular flexibility index (Phi) is 8.68. The van der Waals surface area contributed by atoms with Crippen LogP contribution in [-0.2, 0) is 14.2 Å². The fraction of sp³-hybridized carbons (Fsp3) is 0.167. The Balaban J connectivity index is 1.85. The number of hydrogen-bond donors (Lipinski definition) is 4. The zero-order chi connectivity index (χ0) is 26.3. The highest BCUT2D eigenvalue weighted by Gasteiger charge is 2.17. The summed E-state index contributed by atoms with van der Waals surface area (Å²) in [5.41, 5.74) is 1.56. The monoisotopic (exact) mass is 528 g/mol. The first-order valence-electron chi connectivity index (χ1n) is 10.7. The summed E-state index contributed by atoms with van der Waals surface area (Å²) in [5.74, 6) is 0.126. The molecular weight excluding hydrogens is 503 g/mol. The molecule has 0 spiro atoms. The van der Waals surface area contributed by atoms with Gasteiger partial charge in [0.05, 0.1) is 24.7 Å². The normalized spacial score (nSPS) is 11.1. The molecule has 0 saturated carbocycles. The van der Waals surface area contributed by atoms with E-state index >= 15 is 0 Å². The number of halogens is 1. The summed E-state index contributed by atoms with van der Waals surface area (Å²) in [6.45, 7) is 3.38. The smallest absolute Gasteiger partial charge is 0.248 e. The van der Waals surface area contributed by atoms with Gasteiger partial charge in [-0.05, 0) is 43.7 Å². The van der Waals surface area contributed by atoms with E-state index < -0.39 is 19.0 Å². The van der Waals surface area contributed by atoms with Crippen LogP contribution < -0.4 is 31.3 Å². The number of nitrogens with zero attached hydrogens (tertiary/aromatic N) is 2. The summed E-state index contributed by atoms with van der Waals surface area (Å²) in [7, 11) is 0.416. The van der Waals surface area contributed by atoms with Crippen molar-refractivity contribution >= 4 is 64.7 Å². The Morgan fingerprint density at radius 3 is 2.44 bits per heavy atom. The fourth-order valence-corrected chi connectivity index (χ4v) is 4.41. The molecular formula is C24H26ClN6O4P. The van der Waals surface area contributed by atoms with E-state index in [9.17, 15) is 14.2 Å². The third kappa shape index (κ3) is 7.07. The van der Waals surface area contributed by atoms with Crippen molar-refractivity contribution in [2.45, 2.75) is 0 Å². The van der Waals surface area contributed by atoms with Crippen LogP contribution in [0.15, 0.2) is 60.8 Å². The molecule has 0 bridgehead atoms. The molecule has 188 valence electrons. The molecule has 0 atom stereocenters. The van der Waals surface area contributed by atoms with Gasteiger partial charge >= 0.3 is 0 Å². The zero-order valence-corrected chi connectivity index (χ0v) is 21.8. The van der Waals surface area contributed by atoms with Gasteiger partial charge in [-0.2, -0.15) is 4.98 Å². The molecule has 0 aliphatic rings. The van der Waals surface area contributed by atoms with E-state index in [1.54, 1.807) is 43.7 Å².